The Kier molecular flexibility index (Phi) is 6.83. The highest BCUT2D eigenvalue weighted by Crippen LogP contribution is 2.22. The second kappa shape index (κ2) is 9.32. The lowest BCUT2D eigenvalue weighted by Gasteiger charge is -2.05. The molecule has 0 aliphatic rings. The highest BCUT2D eigenvalue weighted by molar-refractivity contribution is 9.10. The summed E-state index contributed by atoms with van der Waals surface area (Å²) in [5.74, 6) is -0.825. The summed E-state index contributed by atoms with van der Waals surface area (Å²) >= 11 is 10.9. The van der Waals surface area contributed by atoms with Gasteiger partial charge in [-0.3, -0.25) is 9.59 Å². The lowest BCUT2D eigenvalue weighted by atomic mass is 10.2. The van der Waals surface area contributed by atoms with Crippen LogP contribution in [-0.2, 0) is 20.9 Å². The number of aromatic nitrogens is 1. The molecule has 144 valence electrons. The molecule has 0 fully saturated rings. The van der Waals surface area contributed by atoms with E-state index >= 15 is 0 Å². The average molecular weight is 480 g/mol. The number of thiazole rings is 1. The SMILES string of the molecule is CCOC(=O)Cn1c(=NC(=O)C=Cc2ccccc2Cl)sc2cc(Br)ccc21. The molecule has 0 unspecified atom stereocenters. The van der Waals surface area contributed by atoms with E-state index in [1.165, 1.54) is 17.4 Å². The van der Waals surface area contributed by atoms with Crippen LogP contribution in [0.25, 0.3) is 16.3 Å². The van der Waals surface area contributed by atoms with Gasteiger partial charge in [0.05, 0.1) is 16.8 Å². The first-order valence-corrected chi connectivity index (χ1v) is 10.4. The number of esters is 1. The molecule has 0 saturated heterocycles. The zero-order valence-electron chi connectivity index (χ0n) is 14.9. The molecule has 8 heteroatoms. The molecule has 0 radical (unpaired) electrons. The summed E-state index contributed by atoms with van der Waals surface area (Å²) in [6, 6.07) is 12.9. The molecule has 3 rings (SSSR count). The van der Waals surface area contributed by atoms with Crippen molar-refractivity contribution < 1.29 is 14.3 Å². The van der Waals surface area contributed by atoms with E-state index in [1.807, 2.05) is 36.4 Å². The van der Waals surface area contributed by atoms with Gasteiger partial charge in [-0.15, -0.1) is 0 Å². The van der Waals surface area contributed by atoms with Crippen LogP contribution in [0.15, 0.2) is 58.0 Å². The fourth-order valence-electron chi connectivity index (χ4n) is 2.52. The third kappa shape index (κ3) is 4.98. The minimum atomic E-state index is -0.442. The molecular formula is C20H16BrClN2O3S. The van der Waals surface area contributed by atoms with Gasteiger partial charge < -0.3 is 9.30 Å². The standard InChI is InChI=1S/C20H16BrClN2O3S/c1-2-27-19(26)12-24-16-9-8-14(21)11-17(16)28-20(24)23-18(25)10-7-13-5-3-4-6-15(13)22/h3-11H,2,12H2,1H3. The Labute approximate surface area is 179 Å². The largest absolute Gasteiger partial charge is 0.465 e. The minimum absolute atomic E-state index is 0.0180. The van der Waals surface area contributed by atoms with Gasteiger partial charge >= 0.3 is 5.97 Å². The second-order valence-corrected chi connectivity index (χ2v) is 8.02. The number of rotatable bonds is 5. The minimum Gasteiger partial charge on any atom is -0.465 e. The number of amides is 1. The number of fused-ring (bicyclic) bond motifs is 1. The molecule has 0 saturated carbocycles. The molecule has 0 bridgehead atoms. The first-order chi connectivity index (χ1) is 13.5. The monoisotopic (exact) mass is 478 g/mol. The van der Waals surface area contributed by atoms with Crippen LogP contribution in [0.5, 0.6) is 0 Å². The number of benzene rings is 2. The van der Waals surface area contributed by atoms with Gasteiger partial charge in [-0.25, -0.2) is 0 Å². The fraction of sp³-hybridized carbons (Fsp3) is 0.150. The number of carbonyl (C=O) groups is 2. The molecule has 3 aromatic rings. The molecule has 2 aromatic carbocycles. The van der Waals surface area contributed by atoms with Crippen LogP contribution < -0.4 is 4.80 Å². The first-order valence-electron chi connectivity index (χ1n) is 8.43. The normalized spacial score (nSPS) is 12.0. The molecule has 0 spiro atoms. The van der Waals surface area contributed by atoms with Crippen molar-refractivity contribution in [1.29, 1.82) is 0 Å². The van der Waals surface area contributed by atoms with Gasteiger partial charge in [0.2, 0.25) is 0 Å². The van der Waals surface area contributed by atoms with Crippen molar-refractivity contribution in [3.8, 4) is 0 Å². The summed E-state index contributed by atoms with van der Waals surface area (Å²) in [6.45, 7) is 2.02. The van der Waals surface area contributed by atoms with Crippen LogP contribution in [0.3, 0.4) is 0 Å². The molecule has 1 amide bonds. The van der Waals surface area contributed by atoms with E-state index in [4.69, 9.17) is 16.3 Å². The van der Waals surface area contributed by atoms with E-state index in [1.54, 1.807) is 23.6 Å². The summed E-state index contributed by atoms with van der Waals surface area (Å²) < 4.78 is 8.54. The third-order valence-corrected chi connectivity index (χ3v) is 5.63. The Morgan fingerprint density at radius 1 is 1.29 bits per heavy atom. The molecule has 0 N–H and O–H groups in total. The molecule has 28 heavy (non-hydrogen) atoms. The molecule has 5 nitrogen and oxygen atoms in total. The van der Waals surface area contributed by atoms with Gasteiger partial charge in [-0.05, 0) is 42.8 Å². The summed E-state index contributed by atoms with van der Waals surface area (Å²) in [5.41, 5.74) is 1.54. The Bertz CT molecular complexity index is 1130. The predicted octanol–water partition coefficient (Wildman–Crippen LogP) is 4.82. The Balaban J connectivity index is 1.99. The predicted molar refractivity (Wildman–Crippen MR) is 115 cm³/mol. The summed E-state index contributed by atoms with van der Waals surface area (Å²) in [4.78, 5) is 29.0. The Morgan fingerprint density at radius 2 is 2.07 bits per heavy atom. The van der Waals surface area contributed by atoms with E-state index in [2.05, 4.69) is 20.9 Å². The van der Waals surface area contributed by atoms with Crippen molar-refractivity contribution in [2.24, 2.45) is 4.99 Å². The maximum atomic E-state index is 12.4. The van der Waals surface area contributed by atoms with E-state index < -0.39 is 5.91 Å². The van der Waals surface area contributed by atoms with Crippen LogP contribution in [0.4, 0.5) is 0 Å². The molecular weight excluding hydrogens is 464 g/mol. The van der Waals surface area contributed by atoms with Crippen molar-refractivity contribution >= 4 is 67.0 Å². The summed E-state index contributed by atoms with van der Waals surface area (Å²) in [6.07, 6.45) is 2.98. The molecule has 1 heterocycles. The maximum Gasteiger partial charge on any atom is 0.326 e. The van der Waals surface area contributed by atoms with Crippen molar-refractivity contribution in [2.75, 3.05) is 6.61 Å². The smallest absolute Gasteiger partial charge is 0.326 e. The Morgan fingerprint density at radius 3 is 2.82 bits per heavy atom. The topological polar surface area (TPSA) is 60.7 Å². The molecule has 0 aliphatic carbocycles. The number of carbonyl (C=O) groups excluding carboxylic acids is 2. The van der Waals surface area contributed by atoms with Gasteiger partial charge in [-0.1, -0.05) is 57.1 Å². The molecule has 0 atom stereocenters. The number of hydrogen-bond acceptors (Lipinski definition) is 4. The van der Waals surface area contributed by atoms with E-state index in [9.17, 15) is 9.59 Å². The first kappa shape index (κ1) is 20.5. The lowest BCUT2D eigenvalue weighted by molar-refractivity contribution is -0.143. The van der Waals surface area contributed by atoms with Crippen molar-refractivity contribution in [1.82, 2.24) is 4.57 Å². The zero-order valence-corrected chi connectivity index (χ0v) is 18.1. The fourth-order valence-corrected chi connectivity index (χ4v) is 4.31. The highest BCUT2D eigenvalue weighted by Gasteiger charge is 2.12. The van der Waals surface area contributed by atoms with Gasteiger partial charge in [0.1, 0.15) is 6.54 Å². The maximum absolute atomic E-state index is 12.4. The van der Waals surface area contributed by atoms with Crippen LogP contribution >= 0.6 is 38.9 Å². The molecule has 1 aromatic heterocycles. The highest BCUT2D eigenvalue weighted by atomic mass is 79.9. The number of ether oxygens (including phenoxy) is 1. The second-order valence-electron chi connectivity index (χ2n) is 5.69. The lowest BCUT2D eigenvalue weighted by Crippen LogP contribution is -2.22. The van der Waals surface area contributed by atoms with Gasteiger partial charge in [0, 0.05) is 15.6 Å². The molecule has 0 aliphatic heterocycles. The number of halogens is 2. The summed E-state index contributed by atoms with van der Waals surface area (Å²) in [7, 11) is 0. The van der Waals surface area contributed by atoms with Crippen LogP contribution in [0.1, 0.15) is 12.5 Å². The van der Waals surface area contributed by atoms with E-state index in [-0.39, 0.29) is 12.5 Å². The quantitative estimate of drug-likeness (QED) is 0.389. The van der Waals surface area contributed by atoms with Gasteiger partial charge in [-0.2, -0.15) is 4.99 Å². The number of nitrogens with zero attached hydrogens (tertiary/aromatic N) is 2. The van der Waals surface area contributed by atoms with Gasteiger partial charge in [0.25, 0.3) is 5.91 Å². The van der Waals surface area contributed by atoms with E-state index in [0.717, 1.165) is 20.3 Å². The van der Waals surface area contributed by atoms with Crippen LogP contribution in [-0.4, -0.2) is 23.1 Å². The Hall–Kier alpha value is -2.22. The van der Waals surface area contributed by atoms with Crippen LogP contribution in [0, 0.1) is 0 Å². The third-order valence-electron chi connectivity index (χ3n) is 3.75. The van der Waals surface area contributed by atoms with E-state index in [0.29, 0.717) is 16.4 Å². The van der Waals surface area contributed by atoms with Crippen molar-refractivity contribution in [3.63, 3.8) is 0 Å². The van der Waals surface area contributed by atoms with Gasteiger partial charge in [0.15, 0.2) is 4.80 Å². The number of hydrogen-bond donors (Lipinski definition) is 0. The van der Waals surface area contributed by atoms with Crippen molar-refractivity contribution in [2.45, 2.75) is 13.5 Å². The zero-order chi connectivity index (χ0) is 20.1. The van der Waals surface area contributed by atoms with Crippen LogP contribution in [0.2, 0.25) is 5.02 Å². The average Bonchev–Trinajstić information content (AvgIpc) is 2.97. The van der Waals surface area contributed by atoms with Crippen molar-refractivity contribution in [3.05, 3.63) is 68.4 Å². The summed E-state index contributed by atoms with van der Waals surface area (Å²) in [5, 5.41) is 0.552.